The smallest absolute Gasteiger partial charge is 0.263 e. The summed E-state index contributed by atoms with van der Waals surface area (Å²) in [6.45, 7) is 3.07. The predicted octanol–water partition coefficient (Wildman–Crippen LogP) is 2.54. The summed E-state index contributed by atoms with van der Waals surface area (Å²) < 4.78 is 10.6. The summed E-state index contributed by atoms with van der Waals surface area (Å²) in [4.78, 5) is 12.2. The normalized spacial score (nSPS) is 12.4. The summed E-state index contributed by atoms with van der Waals surface area (Å²) in [7, 11) is 0. The van der Waals surface area contributed by atoms with Gasteiger partial charge in [-0.1, -0.05) is 30.3 Å². The molecule has 26 heavy (non-hydrogen) atoms. The zero-order valence-electron chi connectivity index (χ0n) is 14.4. The first-order valence-corrected chi connectivity index (χ1v) is 8.22. The molecule has 0 saturated carbocycles. The minimum absolute atomic E-state index is 0.0272. The standard InChI is InChI=1S/C20H19N3O3/c1-14-4-2-3-5-16(14)11-22-12-17(9-21)20(24)23-10-15-6-7-18-19(8-15)26-13-25-18/h2-8,12,22H,10-11,13H2,1H3,(H,23,24)/b17-12-. The number of nitrogens with one attached hydrogen (secondary N) is 2. The highest BCUT2D eigenvalue weighted by Crippen LogP contribution is 2.32. The number of nitriles is 1. The average Bonchev–Trinajstić information content (AvgIpc) is 3.12. The first-order chi connectivity index (χ1) is 12.7. The third-order valence-electron chi connectivity index (χ3n) is 4.06. The Morgan fingerprint density at radius 3 is 2.81 bits per heavy atom. The molecule has 6 nitrogen and oxygen atoms in total. The number of aryl methyl sites for hydroxylation is 1. The Kier molecular flexibility index (Phi) is 5.40. The van der Waals surface area contributed by atoms with Crippen LogP contribution < -0.4 is 20.1 Å². The number of amides is 1. The lowest BCUT2D eigenvalue weighted by molar-refractivity contribution is -0.117. The fraction of sp³-hybridized carbons (Fsp3) is 0.200. The molecule has 0 bridgehead atoms. The molecule has 1 aliphatic heterocycles. The van der Waals surface area contributed by atoms with E-state index in [1.54, 1.807) is 6.07 Å². The number of ether oxygens (including phenoxy) is 2. The van der Waals surface area contributed by atoms with E-state index in [1.165, 1.54) is 6.20 Å². The van der Waals surface area contributed by atoms with Crippen LogP contribution in [0.25, 0.3) is 0 Å². The largest absolute Gasteiger partial charge is 0.454 e. The maximum absolute atomic E-state index is 12.2. The Morgan fingerprint density at radius 1 is 1.19 bits per heavy atom. The van der Waals surface area contributed by atoms with Crippen LogP contribution in [0.2, 0.25) is 0 Å². The van der Waals surface area contributed by atoms with Crippen molar-refractivity contribution in [2.45, 2.75) is 20.0 Å². The summed E-state index contributed by atoms with van der Waals surface area (Å²) >= 11 is 0. The SMILES string of the molecule is Cc1ccccc1CN/C=C(/C#N)C(=O)NCc1ccc2c(c1)OCO2. The van der Waals surface area contributed by atoms with E-state index in [1.807, 2.05) is 49.4 Å². The second-order valence-electron chi connectivity index (χ2n) is 5.85. The average molecular weight is 349 g/mol. The predicted molar refractivity (Wildman–Crippen MR) is 96.1 cm³/mol. The summed E-state index contributed by atoms with van der Waals surface area (Å²) in [6.07, 6.45) is 1.45. The quantitative estimate of drug-likeness (QED) is 0.618. The Bertz CT molecular complexity index is 884. The maximum Gasteiger partial charge on any atom is 0.263 e. The van der Waals surface area contributed by atoms with E-state index in [0.717, 1.165) is 16.7 Å². The van der Waals surface area contributed by atoms with Gasteiger partial charge in [0, 0.05) is 19.3 Å². The molecule has 0 spiro atoms. The van der Waals surface area contributed by atoms with Gasteiger partial charge in [-0.3, -0.25) is 4.79 Å². The molecule has 0 aromatic heterocycles. The van der Waals surface area contributed by atoms with E-state index in [9.17, 15) is 10.1 Å². The molecule has 0 saturated heterocycles. The molecular weight excluding hydrogens is 330 g/mol. The van der Waals surface area contributed by atoms with E-state index >= 15 is 0 Å². The first kappa shape index (κ1) is 17.4. The molecule has 1 aliphatic rings. The number of carbonyl (C=O) groups is 1. The van der Waals surface area contributed by atoms with Gasteiger partial charge in [0.2, 0.25) is 6.79 Å². The molecule has 3 rings (SSSR count). The molecule has 132 valence electrons. The van der Waals surface area contributed by atoms with Crippen LogP contribution in [0.15, 0.2) is 54.2 Å². The number of rotatable bonds is 6. The van der Waals surface area contributed by atoms with Gasteiger partial charge in [-0.15, -0.1) is 0 Å². The van der Waals surface area contributed by atoms with Crippen LogP contribution in [-0.2, 0) is 17.9 Å². The van der Waals surface area contributed by atoms with Crippen LogP contribution in [0.4, 0.5) is 0 Å². The molecule has 2 aromatic carbocycles. The Balaban J connectivity index is 1.55. The fourth-order valence-electron chi connectivity index (χ4n) is 2.55. The van der Waals surface area contributed by atoms with Crippen molar-refractivity contribution in [3.8, 4) is 17.6 Å². The fourth-order valence-corrected chi connectivity index (χ4v) is 2.55. The molecule has 2 aromatic rings. The summed E-state index contributed by atoms with van der Waals surface area (Å²) in [5.41, 5.74) is 3.16. The highest BCUT2D eigenvalue weighted by molar-refractivity contribution is 5.97. The van der Waals surface area contributed by atoms with E-state index in [2.05, 4.69) is 10.6 Å². The number of benzene rings is 2. The summed E-state index contributed by atoms with van der Waals surface area (Å²) in [6, 6.07) is 15.3. The molecular formula is C20H19N3O3. The Hall–Kier alpha value is -3.46. The van der Waals surface area contributed by atoms with Crippen molar-refractivity contribution in [3.05, 3.63) is 70.9 Å². The van der Waals surface area contributed by atoms with E-state index < -0.39 is 5.91 Å². The zero-order chi connectivity index (χ0) is 18.4. The third-order valence-corrected chi connectivity index (χ3v) is 4.06. The van der Waals surface area contributed by atoms with Gasteiger partial charge in [0.25, 0.3) is 5.91 Å². The maximum atomic E-state index is 12.2. The van der Waals surface area contributed by atoms with Gasteiger partial charge in [-0.25, -0.2) is 0 Å². The van der Waals surface area contributed by atoms with Gasteiger partial charge in [0.15, 0.2) is 11.5 Å². The van der Waals surface area contributed by atoms with Crippen LogP contribution in [0.1, 0.15) is 16.7 Å². The van der Waals surface area contributed by atoms with E-state index in [0.29, 0.717) is 24.6 Å². The van der Waals surface area contributed by atoms with Gasteiger partial charge >= 0.3 is 0 Å². The number of carbonyl (C=O) groups excluding carboxylic acids is 1. The summed E-state index contributed by atoms with van der Waals surface area (Å²) in [5, 5.41) is 15.0. The van der Waals surface area contributed by atoms with Gasteiger partial charge in [0.05, 0.1) is 0 Å². The summed E-state index contributed by atoms with van der Waals surface area (Å²) in [5.74, 6) is 0.924. The highest BCUT2D eigenvalue weighted by Gasteiger charge is 2.14. The lowest BCUT2D eigenvalue weighted by Crippen LogP contribution is -2.25. The number of hydrogen-bond acceptors (Lipinski definition) is 5. The van der Waals surface area contributed by atoms with Crippen LogP contribution >= 0.6 is 0 Å². The van der Waals surface area contributed by atoms with Crippen molar-refractivity contribution in [2.75, 3.05) is 6.79 Å². The van der Waals surface area contributed by atoms with Crippen molar-refractivity contribution >= 4 is 5.91 Å². The van der Waals surface area contributed by atoms with Crippen molar-refractivity contribution < 1.29 is 14.3 Å². The number of fused-ring (bicyclic) bond motifs is 1. The minimum Gasteiger partial charge on any atom is -0.454 e. The Morgan fingerprint density at radius 2 is 2.00 bits per heavy atom. The lowest BCUT2D eigenvalue weighted by Gasteiger charge is -2.07. The monoisotopic (exact) mass is 349 g/mol. The highest BCUT2D eigenvalue weighted by atomic mass is 16.7. The van der Waals surface area contributed by atoms with Crippen molar-refractivity contribution in [1.82, 2.24) is 10.6 Å². The molecule has 0 atom stereocenters. The second-order valence-corrected chi connectivity index (χ2v) is 5.85. The van der Waals surface area contributed by atoms with Crippen LogP contribution in [0.3, 0.4) is 0 Å². The zero-order valence-corrected chi connectivity index (χ0v) is 14.4. The van der Waals surface area contributed by atoms with Crippen LogP contribution in [0.5, 0.6) is 11.5 Å². The molecule has 0 unspecified atom stereocenters. The molecule has 1 amide bonds. The Labute approximate surface area is 152 Å². The topological polar surface area (TPSA) is 83.4 Å². The second kappa shape index (κ2) is 8.08. The van der Waals surface area contributed by atoms with Crippen molar-refractivity contribution in [3.63, 3.8) is 0 Å². The molecule has 0 fully saturated rings. The molecule has 2 N–H and O–H groups in total. The lowest BCUT2D eigenvalue weighted by atomic mass is 10.1. The van der Waals surface area contributed by atoms with Crippen LogP contribution in [-0.4, -0.2) is 12.7 Å². The third kappa shape index (κ3) is 4.14. The van der Waals surface area contributed by atoms with Crippen LogP contribution in [0, 0.1) is 18.3 Å². The van der Waals surface area contributed by atoms with Gasteiger partial charge in [0.1, 0.15) is 11.6 Å². The van der Waals surface area contributed by atoms with Crippen molar-refractivity contribution in [2.24, 2.45) is 0 Å². The van der Waals surface area contributed by atoms with Gasteiger partial charge < -0.3 is 20.1 Å². The first-order valence-electron chi connectivity index (χ1n) is 8.22. The van der Waals surface area contributed by atoms with Gasteiger partial charge in [-0.2, -0.15) is 5.26 Å². The molecule has 0 aliphatic carbocycles. The molecule has 6 heteroatoms. The molecule has 1 heterocycles. The van der Waals surface area contributed by atoms with E-state index in [-0.39, 0.29) is 12.4 Å². The molecule has 0 radical (unpaired) electrons. The van der Waals surface area contributed by atoms with E-state index in [4.69, 9.17) is 9.47 Å². The van der Waals surface area contributed by atoms with Crippen molar-refractivity contribution in [1.29, 1.82) is 5.26 Å². The van der Waals surface area contributed by atoms with Gasteiger partial charge in [-0.05, 0) is 35.7 Å². The minimum atomic E-state index is -0.428. The number of nitrogens with zero attached hydrogens (tertiary/aromatic N) is 1. The number of hydrogen-bond donors (Lipinski definition) is 2.